The smallest absolute Gasteiger partial charge is 0.152 e. The van der Waals surface area contributed by atoms with E-state index in [1.54, 1.807) is 18.4 Å². The van der Waals surface area contributed by atoms with E-state index >= 15 is 0 Å². The number of aromatic nitrogens is 2. The van der Waals surface area contributed by atoms with Crippen LogP contribution < -0.4 is 10.1 Å². The van der Waals surface area contributed by atoms with Gasteiger partial charge in [0.2, 0.25) is 0 Å². The van der Waals surface area contributed by atoms with E-state index in [0.29, 0.717) is 4.99 Å². The summed E-state index contributed by atoms with van der Waals surface area (Å²) in [7, 11) is 1.67. The third kappa shape index (κ3) is 3.38. The number of methoxy groups -OCH3 is 1. The Morgan fingerprint density at radius 3 is 2.48 bits per heavy atom. The molecule has 0 radical (unpaired) electrons. The first-order chi connectivity index (χ1) is 12.9. The highest BCUT2D eigenvalue weighted by Crippen LogP contribution is 2.33. The minimum absolute atomic E-state index is 0.622. The second kappa shape index (κ2) is 6.87. The molecule has 0 saturated heterocycles. The summed E-state index contributed by atoms with van der Waals surface area (Å²) in [6, 6.07) is 12.2. The second-order valence-corrected chi connectivity index (χ2v) is 8.01. The Bertz CT molecular complexity index is 1180. The fourth-order valence-electron chi connectivity index (χ4n) is 3.23. The summed E-state index contributed by atoms with van der Waals surface area (Å²) < 4.78 is 6.46. The first kappa shape index (κ1) is 17.8. The van der Waals surface area contributed by atoms with Crippen LogP contribution in [-0.4, -0.2) is 22.1 Å². The Balaban J connectivity index is 1.79. The topological polar surface area (TPSA) is 47.0 Å². The summed E-state index contributed by atoms with van der Waals surface area (Å²) in [5.41, 5.74) is 6.10. The monoisotopic (exact) mass is 393 g/mol. The van der Waals surface area contributed by atoms with Crippen molar-refractivity contribution in [1.82, 2.24) is 9.97 Å². The van der Waals surface area contributed by atoms with Gasteiger partial charge in [0, 0.05) is 11.1 Å². The number of hydrogen-bond donors (Lipinski definition) is 1. The zero-order chi connectivity index (χ0) is 19.1. The van der Waals surface area contributed by atoms with Gasteiger partial charge in [0.15, 0.2) is 5.01 Å². The minimum Gasteiger partial charge on any atom is -0.497 e. The number of thiazole rings is 1. The molecule has 0 amide bonds. The highest BCUT2D eigenvalue weighted by atomic mass is 32.1. The quantitative estimate of drug-likeness (QED) is 0.461. The first-order valence-electron chi connectivity index (χ1n) is 8.59. The number of pyridine rings is 1. The average molecular weight is 394 g/mol. The molecule has 136 valence electrons. The van der Waals surface area contributed by atoms with E-state index < -0.39 is 0 Å². The molecule has 0 bridgehead atoms. The minimum atomic E-state index is 0.622. The molecule has 2 aromatic carbocycles. The number of nitrogens with zero attached hydrogens (tertiary/aromatic N) is 2. The predicted molar refractivity (Wildman–Crippen MR) is 117 cm³/mol. The fraction of sp³-hybridized carbons (Fsp3) is 0.190. The Morgan fingerprint density at radius 1 is 1.04 bits per heavy atom. The van der Waals surface area contributed by atoms with Gasteiger partial charge >= 0.3 is 0 Å². The maximum Gasteiger partial charge on any atom is 0.152 e. The zero-order valence-corrected chi connectivity index (χ0v) is 17.2. The van der Waals surface area contributed by atoms with Crippen LogP contribution in [0.1, 0.15) is 21.8 Å². The van der Waals surface area contributed by atoms with Crippen molar-refractivity contribution in [1.29, 1.82) is 0 Å². The molecule has 4 nitrogen and oxygen atoms in total. The van der Waals surface area contributed by atoms with Crippen LogP contribution in [0.2, 0.25) is 0 Å². The van der Waals surface area contributed by atoms with Crippen molar-refractivity contribution >= 4 is 55.4 Å². The number of aryl methyl sites for hydroxylation is 3. The highest BCUT2D eigenvalue weighted by Gasteiger charge is 2.15. The lowest BCUT2D eigenvalue weighted by molar-refractivity contribution is 0.415. The molecule has 6 heteroatoms. The Kier molecular flexibility index (Phi) is 4.53. The van der Waals surface area contributed by atoms with E-state index in [1.807, 2.05) is 25.1 Å². The van der Waals surface area contributed by atoms with Crippen LogP contribution in [0.25, 0.3) is 21.1 Å². The molecule has 27 heavy (non-hydrogen) atoms. The first-order valence-corrected chi connectivity index (χ1v) is 9.81. The Morgan fingerprint density at radius 2 is 1.78 bits per heavy atom. The van der Waals surface area contributed by atoms with Crippen LogP contribution in [0.4, 0.5) is 5.69 Å². The van der Waals surface area contributed by atoms with Gasteiger partial charge in [0.05, 0.1) is 23.0 Å². The highest BCUT2D eigenvalue weighted by molar-refractivity contribution is 7.81. The lowest BCUT2D eigenvalue weighted by Crippen LogP contribution is -2.10. The van der Waals surface area contributed by atoms with Gasteiger partial charge in [-0.05, 0) is 62.2 Å². The van der Waals surface area contributed by atoms with Crippen molar-refractivity contribution in [3.63, 3.8) is 0 Å². The van der Waals surface area contributed by atoms with Crippen molar-refractivity contribution in [2.75, 3.05) is 12.4 Å². The molecular weight excluding hydrogens is 374 g/mol. The molecule has 0 unspecified atom stereocenters. The lowest BCUT2D eigenvalue weighted by Gasteiger charge is -2.07. The molecule has 2 aromatic heterocycles. The summed E-state index contributed by atoms with van der Waals surface area (Å²) in [4.78, 5) is 10.1. The van der Waals surface area contributed by atoms with Crippen LogP contribution in [-0.2, 0) is 0 Å². The molecule has 4 rings (SSSR count). The molecule has 4 aromatic rings. The van der Waals surface area contributed by atoms with Crippen LogP contribution >= 0.6 is 23.6 Å². The fourth-order valence-corrected chi connectivity index (χ4v) is 4.56. The molecule has 0 spiro atoms. The predicted octanol–water partition coefficient (Wildman–Crippen LogP) is 5.57. The standard InChI is InChI=1S/C21H19N3OS2/c1-11-7-12(2)9-14(8-11)23-20(26)21-24-18-13(3)22-17-6-5-15(25-4)10-16(17)19(18)27-21/h5-10H,1-4H3,(H,23,26). The number of benzene rings is 2. The number of fused-ring (bicyclic) bond motifs is 3. The molecular formula is C21H19N3OS2. The molecule has 0 atom stereocenters. The van der Waals surface area contributed by atoms with Gasteiger partial charge in [-0.3, -0.25) is 4.98 Å². The van der Waals surface area contributed by atoms with Gasteiger partial charge in [-0.1, -0.05) is 18.3 Å². The zero-order valence-electron chi connectivity index (χ0n) is 15.6. The molecule has 0 fully saturated rings. The normalized spacial score (nSPS) is 11.1. The number of nitrogens with one attached hydrogen (secondary N) is 1. The Hall–Kier alpha value is -2.57. The number of ether oxygens (including phenoxy) is 1. The van der Waals surface area contributed by atoms with Gasteiger partial charge in [-0.25, -0.2) is 4.98 Å². The van der Waals surface area contributed by atoms with E-state index in [2.05, 4.69) is 42.3 Å². The van der Waals surface area contributed by atoms with Crippen LogP contribution in [0.5, 0.6) is 5.75 Å². The Labute approximate surface area is 167 Å². The average Bonchev–Trinajstić information content (AvgIpc) is 3.07. The van der Waals surface area contributed by atoms with Crippen molar-refractivity contribution in [2.24, 2.45) is 0 Å². The van der Waals surface area contributed by atoms with Gasteiger partial charge < -0.3 is 10.1 Å². The molecule has 2 heterocycles. The van der Waals surface area contributed by atoms with Gasteiger partial charge in [-0.15, -0.1) is 11.3 Å². The third-order valence-corrected chi connectivity index (χ3v) is 5.91. The van der Waals surface area contributed by atoms with Gasteiger partial charge in [-0.2, -0.15) is 0 Å². The maximum absolute atomic E-state index is 5.64. The molecule has 0 saturated carbocycles. The van der Waals surface area contributed by atoms with Crippen LogP contribution in [0.15, 0.2) is 36.4 Å². The number of thiocarbonyl (C=S) groups is 1. The van der Waals surface area contributed by atoms with E-state index in [-0.39, 0.29) is 0 Å². The van der Waals surface area contributed by atoms with Crippen molar-refractivity contribution < 1.29 is 4.74 Å². The summed E-state index contributed by atoms with van der Waals surface area (Å²) in [6.07, 6.45) is 0. The molecule has 0 aliphatic heterocycles. The summed E-state index contributed by atoms with van der Waals surface area (Å²) >= 11 is 7.22. The lowest BCUT2D eigenvalue weighted by atomic mass is 10.1. The van der Waals surface area contributed by atoms with Gasteiger partial charge in [0.25, 0.3) is 0 Å². The van der Waals surface area contributed by atoms with Crippen LogP contribution in [0, 0.1) is 20.8 Å². The number of anilines is 1. The number of rotatable bonds is 3. The number of hydrogen-bond acceptors (Lipinski definition) is 5. The van der Waals surface area contributed by atoms with E-state index in [1.165, 1.54) is 11.1 Å². The van der Waals surface area contributed by atoms with Crippen molar-refractivity contribution in [2.45, 2.75) is 20.8 Å². The van der Waals surface area contributed by atoms with E-state index in [4.69, 9.17) is 21.9 Å². The van der Waals surface area contributed by atoms with E-state index in [0.717, 1.165) is 43.3 Å². The molecule has 1 N–H and O–H groups in total. The van der Waals surface area contributed by atoms with Gasteiger partial charge in [0.1, 0.15) is 16.3 Å². The maximum atomic E-state index is 5.64. The van der Waals surface area contributed by atoms with E-state index in [9.17, 15) is 0 Å². The summed E-state index contributed by atoms with van der Waals surface area (Å²) in [5, 5.41) is 5.15. The summed E-state index contributed by atoms with van der Waals surface area (Å²) in [6.45, 7) is 6.14. The second-order valence-electron chi connectivity index (χ2n) is 6.61. The van der Waals surface area contributed by atoms with Crippen molar-refractivity contribution in [3.05, 3.63) is 58.2 Å². The molecule has 0 aliphatic carbocycles. The SMILES string of the molecule is COc1ccc2nc(C)c3nc(C(=S)Nc4cc(C)cc(C)c4)sc3c2c1. The largest absolute Gasteiger partial charge is 0.497 e. The third-order valence-electron chi connectivity index (χ3n) is 4.38. The van der Waals surface area contributed by atoms with Crippen molar-refractivity contribution in [3.8, 4) is 5.75 Å². The van der Waals surface area contributed by atoms with Crippen LogP contribution in [0.3, 0.4) is 0 Å². The molecule has 0 aliphatic rings. The summed E-state index contributed by atoms with van der Waals surface area (Å²) in [5.74, 6) is 0.806.